The van der Waals surface area contributed by atoms with Gasteiger partial charge in [-0.05, 0) is 42.3 Å². The van der Waals surface area contributed by atoms with E-state index in [0.29, 0.717) is 23.7 Å². The molecule has 0 aliphatic rings. The van der Waals surface area contributed by atoms with Gasteiger partial charge in [0.25, 0.3) is 0 Å². The standard InChI is InChI=1S/C14H17N3O2S/c1-3-19-14(18)11-4-6-16-13(12(11)15)17-9(2)10-5-7-20-8-10/h4-9H,3,15H2,1-2H3,(H,16,17). The van der Waals surface area contributed by atoms with Crippen molar-refractivity contribution in [2.45, 2.75) is 19.9 Å². The number of thiophene rings is 1. The summed E-state index contributed by atoms with van der Waals surface area (Å²) in [5, 5.41) is 7.28. The zero-order chi connectivity index (χ0) is 14.5. The fourth-order valence-corrected chi connectivity index (χ4v) is 2.54. The van der Waals surface area contributed by atoms with Gasteiger partial charge in [0, 0.05) is 6.20 Å². The number of esters is 1. The van der Waals surface area contributed by atoms with Gasteiger partial charge in [0.15, 0.2) is 5.82 Å². The summed E-state index contributed by atoms with van der Waals surface area (Å²) < 4.78 is 4.97. The van der Waals surface area contributed by atoms with Gasteiger partial charge in [-0.25, -0.2) is 9.78 Å². The second-order valence-electron chi connectivity index (χ2n) is 4.26. The number of hydrogen-bond acceptors (Lipinski definition) is 6. The first-order chi connectivity index (χ1) is 9.63. The molecule has 1 atom stereocenters. The van der Waals surface area contributed by atoms with E-state index in [1.807, 2.05) is 18.4 Å². The van der Waals surface area contributed by atoms with Crippen LogP contribution in [0.4, 0.5) is 11.5 Å². The van der Waals surface area contributed by atoms with Crippen LogP contribution in [0.1, 0.15) is 35.8 Å². The number of anilines is 2. The van der Waals surface area contributed by atoms with Crippen LogP contribution in [0, 0.1) is 0 Å². The monoisotopic (exact) mass is 291 g/mol. The van der Waals surface area contributed by atoms with Crippen LogP contribution in [-0.2, 0) is 4.74 Å². The number of rotatable bonds is 5. The third-order valence-corrected chi connectivity index (χ3v) is 3.58. The van der Waals surface area contributed by atoms with Crippen LogP contribution >= 0.6 is 11.3 Å². The van der Waals surface area contributed by atoms with Crippen molar-refractivity contribution in [3.63, 3.8) is 0 Å². The molecule has 2 aromatic heterocycles. The molecule has 2 rings (SSSR count). The minimum atomic E-state index is -0.432. The Morgan fingerprint density at radius 1 is 1.55 bits per heavy atom. The molecule has 6 heteroatoms. The van der Waals surface area contributed by atoms with Crippen molar-refractivity contribution in [1.82, 2.24) is 4.98 Å². The lowest BCUT2D eigenvalue weighted by molar-refractivity contribution is 0.0527. The maximum absolute atomic E-state index is 11.8. The third-order valence-electron chi connectivity index (χ3n) is 2.88. The fourth-order valence-electron chi connectivity index (χ4n) is 1.78. The quantitative estimate of drug-likeness (QED) is 0.828. The van der Waals surface area contributed by atoms with Crippen molar-refractivity contribution in [1.29, 1.82) is 0 Å². The Bertz CT molecular complexity index is 584. The Labute approximate surface area is 121 Å². The Kier molecular flexibility index (Phi) is 4.57. The molecule has 0 bridgehead atoms. The SMILES string of the molecule is CCOC(=O)c1ccnc(NC(C)c2ccsc2)c1N. The lowest BCUT2D eigenvalue weighted by Gasteiger charge is -2.16. The van der Waals surface area contributed by atoms with Crippen LogP contribution in [0.15, 0.2) is 29.1 Å². The second kappa shape index (κ2) is 6.38. The second-order valence-corrected chi connectivity index (χ2v) is 5.04. The van der Waals surface area contributed by atoms with E-state index in [1.54, 1.807) is 30.5 Å². The smallest absolute Gasteiger partial charge is 0.340 e. The largest absolute Gasteiger partial charge is 0.462 e. The normalized spacial score (nSPS) is 11.9. The summed E-state index contributed by atoms with van der Waals surface area (Å²) >= 11 is 1.63. The van der Waals surface area contributed by atoms with Crippen molar-refractivity contribution in [3.05, 3.63) is 40.2 Å². The van der Waals surface area contributed by atoms with Gasteiger partial charge in [-0.1, -0.05) is 0 Å². The Morgan fingerprint density at radius 3 is 3.00 bits per heavy atom. The van der Waals surface area contributed by atoms with E-state index in [1.165, 1.54) is 0 Å². The van der Waals surface area contributed by atoms with E-state index in [-0.39, 0.29) is 6.04 Å². The Hall–Kier alpha value is -2.08. The number of nitrogen functional groups attached to an aromatic ring is 1. The van der Waals surface area contributed by atoms with Crippen LogP contribution < -0.4 is 11.1 Å². The molecule has 5 nitrogen and oxygen atoms in total. The van der Waals surface area contributed by atoms with Crippen LogP contribution in [0.5, 0.6) is 0 Å². The molecule has 0 aromatic carbocycles. The van der Waals surface area contributed by atoms with E-state index in [4.69, 9.17) is 10.5 Å². The minimum Gasteiger partial charge on any atom is -0.462 e. The number of carbonyl (C=O) groups excluding carboxylic acids is 1. The number of nitrogens with zero attached hydrogens (tertiary/aromatic N) is 1. The number of pyridine rings is 1. The molecule has 0 spiro atoms. The first-order valence-corrected chi connectivity index (χ1v) is 7.28. The molecule has 20 heavy (non-hydrogen) atoms. The molecule has 0 saturated heterocycles. The van der Waals surface area contributed by atoms with Crippen LogP contribution in [0.2, 0.25) is 0 Å². The summed E-state index contributed by atoms with van der Waals surface area (Å²) in [5.74, 6) is 0.0629. The topological polar surface area (TPSA) is 77.2 Å². The maximum atomic E-state index is 11.8. The molecular weight excluding hydrogens is 274 g/mol. The molecule has 2 heterocycles. The average Bonchev–Trinajstić information content (AvgIpc) is 2.95. The molecule has 0 aliphatic carbocycles. The predicted octanol–water partition coefficient (Wildman–Crippen LogP) is 3.08. The number of nitrogens with two attached hydrogens (primary N) is 1. The van der Waals surface area contributed by atoms with Crippen molar-refractivity contribution < 1.29 is 9.53 Å². The van der Waals surface area contributed by atoms with Gasteiger partial charge in [-0.15, -0.1) is 0 Å². The molecule has 106 valence electrons. The van der Waals surface area contributed by atoms with Crippen LogP contribution in [-0.4, -0.2) is 17.6 Å². The highest BCUT2D eigenvalue weighted by Gasteiger charge is 2.16. The van der Waals surface area contributed by atoms with Gasteiger partial charge in [-0.3, -0.25) is 0 Å². The highest BCUT2D eigenvalue weighted by molar-refractivity contribution is 7.07. The fraction of sp³-hybridized carbons (Fsp3) is 0.286. The molecule has 1 unspecified atom stereocenters. The Morgan fingerprint density at radius 2 is 2.35 bits per heavy atom. The van der Waals surface area contributed by atoms with E-state index < -0.39 is 5.97 Å². The highest BCUT2D eigenvalue weighted by Crippen LogP contribution is 2.26. The average molecular weight is 291 g/mol. The van der Waals surface area contributed by atoms with Gasteiger partial charge in [0.05, 0.1) is 23.9 Å². The predicted molar refractivity (Wildman–Crippen MR) is 81.0 cm³/mol. The van der Waals surface area contributed by atoms with E-state index in [0.717, 1.165) is 5.56 Å². The van der Waals surface area contributed by atoms with E-state index in [2.05, 4.69) is 15.7 Å². The molecular formula is C14H17N3O2S. The van der Waals surface area contributed by atoms with Crippen molar-refractivity contribution in [3.8, 4) is 0 Å². The van der Waals surface area contributed by atoms with E-state index >= 15 is 0 Å². The Balaban J connectivity index is 2.20. The number of aromatic nitrogens is 1. The summed E-state index contributed by atoms with van der Waals surface area (Å²) in [4.78, 5) is 16.0. The summed E-state index contributed by atoms with van der Waals surface area (Å²) in [6, 6.07) is 3.66. The van der Waals surface area contributed by atoms with E-state index in [9.17, 15) is 4.79 Å². The summed E-state index contributed by atoms with van der Waals surface area (Å²) in [6.45, 7) is 4.09. The lowest BCUT2D eigenvalue weighted by atomic mass is 10.1. The van der Waals surface area contributed by atoms with Gasteiger partial charge in [-0.2, -0.15) is 11.3 Å². The third kappa shape index (κ3) is 3.08. The van der Waals surface area contributed by atoms with Crippen molar-refractivity contribution >= 4 is 28.8 Å². The zero-order valence-electron chi connectivity index (χ0n) is 11.4. The van der Waals surface area contributed by atoms with Gasteiger partial charge < -0.3 is 15.8 Å². The molecule has 0 aliphatic heterocycles. The molecule has 0 amide bonds. The molecule has 2 aromatic rings. The number of hydrogen-bond donors (Lipinski definition) is 2. The maximum Gasteiger partial charge on any atom is 0.340 e. The highest BCUT2D eigenvalue weighted by atomic mass is 32.1. The van der Waals surface area contributed by atoms with Crippen LogP contribution in [0.25, 0.3) is 0 Å². The summed E-state index contributed by atoms with van der Waals surface area (Å²) in [6.07, 6.45) is 1.55. The van der Waals surface area contributed by atoms with Crippen molar-refractivity contribution in [2.24, 2.45) is 0 Å². The summed E-state index contributed by atoms with van der Waals surface area (Å²) in [7, 11) is 0. The summed E-state index contributed by atoms with van der Waals surface area (Å²) in [5.41, 5.74) is 7.79. The molecule has 0 radical (unpaired) electrons. The first-order valence-electron chi connectivity index (χ1n) is 6.33. The van der Waals surface area contributed by atoms with Crippen molar-refractivity contribution in [2.75, 3.05) is 17.7 Å². The van der Waals surface area contributed by atoms with Crippen LogP contribution in [0.3, 0.4) is 0 Å². The zero-order valence-corrected chi connectivity index (χ0v) is 12.2. The van der Waals surface area contributed by atoms with Gasteiger partial charge in [0.1, 0.15) is 0 Å². The van der Waals surface area contributed by atoms with Gasteiger partial charge in [0.2, 0.25) is 0 Å². The molecule has 0 saturated carbocycles. The number of ether oxygens (including phenoxy) is 1. The number of carbonyl (C=O) groups is 1. The first kappa shape index (κ1) is 14.3. The van der Waals surface area contributed by atoms with Gasteiger partial charge >= 0.3 is 5.97 Å². The number of nitrogens with one attached hydrogen (secondary N) is 1. The lowest BCUT2D eigenvalue weighted by Crippen LogP contribution is -2.13. The molecule has 3 N–H and O–H groups in total. The minimum absolute atomic E-state index is 0.0634. The molecule has 0 fully saturated rings.